The van der Waals surface area contributed by atoms with E-state index in [0.29, 0.717) is 6.42 Å². The standard InChI is InChI=1S/C14H18O5/c1-3-19-14(17)11(9-13(15)16)8-10-4-6-12(18-2)7-5-10/h4-7,11H,3,8-9H2,1-2H3,(H,15,16). The predicted octanol–water partition coefficient (Wildman–Crippen LogP) is 1.89. The van der Waals surface area contributed by atoms with Gasteiger partial charge in [-0.25, -0.2) is 0 Å². The molecule has 0 aliphatic heterocycles. The minimum absolute atomic E-state index is 0.231. The molecule has 5 nitrogen and oxygen atoms in total. The van der Waals surface area contributed by atoms with Gasteiger partial charge in [-0.3, -0.25) is 9.59 Å². The minimum Gasteiger partial charge on any atom is -0.497 e. The summed E-state index contributed by atoms with van der Waals surface area (Å²) >= 11 is 0. The van der Waals surface area contributed by atoms with Gasteiger partial charge in [0.05, 0.1) is 26.1 Å². The zero-order valence-electron chi connectivity index (χ0n) is 11.1. The Labute approximate surface area is 112 Å². The zero-order valence-corrected chi connectivity index (χ0v) is 11.1. The van der Waals surface area contributed by atoms with E-state index in [1.165, 1.54) is 0 Å². The Kier molecular flexibility index (Phi) is 5.85. The molecular weight excluding hydrogens is 248 g/mol. The highest BCUT2D eigenvalue weighted by atomic mass is 16.5. The molecule has 5 heteroatoms. The Morgan fingerprint density at radius 1 is 1.26 bits per heavy atom. The Morgan fingerprint density at radius 2 is 1.89 bits per heavy atom. The second kappa shape index (κ2) is 7.41. The van der Waals surface area contributed by atoms with Crippen molar-refractivity contribution in [3.05, 3.63) is 29.8 Å². The number of carbonyl (C=O) groups is 2. The Morgan fingerprint density at radius 3 is 2.37 bits per heavy atom. The van der Waals surface area contributed by atoms with Crippen LogP contribution in [-0.4, -0.2) is 30.8 Å². The Balaban J connectivity index is 2.74. The van der Waals surface area contributed by atoms with Gasteiger partial charge >= 0.3 is 11.9 Å². The molecule has 0 aromatic heterocycles. The SMILES string of the molecule is CCOC(=O)C(CC(=O)O)Cc1ccc(OC)cc1. The van der Waals surface area contributed by atoms with Crippen LogP contribution in [0.25, 0.3) is 0 Å². The van der Waals surface area contributed by atoms with Gasteiger partial charge in [-0.2, -0.15) is 0 Å². The van der Waals surface area contributed by atoms with Crippen LogP contribution in [0, 0.1) is 5.92 Å². The van der Waals surface area contributed by atoms with E-state index in [1.807, 2.05) is 12.1 Å². The van der Waals surface area contributed by atoms with E-state index < -0.39 is 17.9 Å². The number of carboxylic acids is 1. The summed E-state index contributed by atoms with van der Waals surface area (Å²) in [4.78, 5) is 22.5. The van der Waals surface area contributed by atoms with Crippen molar-refractivity contribution < 1.29 is 24.2 Å². The number of hydrogen-bond donors (Lipinski definition) is 1. The Bertz CT molecular complexity index is 424. The number of carbonyl (C=O) groups excluding carboxylic acids is 1. The summed E-state index contributed by atoms with van der Waals surface area (Å²) in [5, 5.41) is 8.83. The van der Waals surface area contributed by atoms with Gasteiger partial charge in [0.2, 0.25) is 0 Å². The van der Waals surface area contributed by atoms with E-state index in [2.05, 4.69) is 0 Å². The summed E-state index contributed by atoms with van der Waals surface area (Å²) in [6.07, 6.45) is 0.111. The highest BCUT2D eigenvalue weighted by molar-refractivity contribution is 5.79. The van der Waals surface area contributed by atoms with Crippen LogP contribution in [0.5, 0.6) is 5.75 Å². The lowest BCUT2D eigenvalue weighted by Gasteiger charge is -2.13. The third kappa shape index (κ3) is 4.99. The summed E-state index contributed by atoms with van der Waals surface area (Å²) in [7, 11) is 1.57. The fraction of sp³-hybridized carbons (Fsp3) is 0.429. The summed E-state index contributed by atoms with van der Waals surface area (Å²) in [6, 6.07) is 7.18. The van der Waals surface area contributed by atoms with Crippen LogP contribution < -0.4 is 4.74 Å². The van der Waals surface area contributed by atoms with E-state index in [-0.39, 0.29) is 13.0 Å². The number of hydrogen-bond acceptors (Lipinski definition) is 4. The fourth-order valence-corrected chi connectivity index (χ4v) is 1.76. The van der Waals surface area contributed by atoms with Gasteiger partial charge in [-0.1, -0.05) is 12.1 Å². The maximum atomic E-state index is 11.7. The lowest BCUT2D eigenvalue weighted by atomic mass is 9.96. The average molecular weight is 266 g/mol. The van der Waals surface area contributed by atoms with Crippen LogP contribution in [0.3, 0.4) is 0 Å². The molecule has 0 aliphatic carbocycles. The number of ether oxygens (including phenoxy) is 2. The number of rotatable bonds is 7. The second-order valence-corrected chi connectivity index (χ2v) is 4.10. The molecule has 0 fully saturated rings. The topological polar surface area (TPSA) is 72.8 Å². The molecule has 0 heterocycles. The highest BCUT2D eigenvalue weighted by Crippen LogP contribution is 2.17. The van der Waals surface area contributed by atoms with Gasteiger partial charge in [-0.15, -0.1) is 0 Å². The van der Waals surface area contributed by atoms with Crippen molar-refractivity contribution in [1.82, 2.24) is 0 Å². The Hall–Kier alpha value is -2.04. The molecule has 1 N–H and O–H groups in total. The van der Waals surface area contributed by atoms with Gasteiger partial charge in [0.15, 0.2) is 0 Å². The monoisotopic (exact) mass is 266 g/mol. The molecular formula is C14H18O5. The molecule has 104 valence electrons. The van der Waals surface area contributed by atoms with Crippen molar-refractivity contribution in [2.75, 3.05) is 13.7 Å². The number of benzene rings is 1. The molecule has 1 aromatic carbocycles. The van der Waals surface area contributed by atoms with E-state index in [4.69, 9.17) is 14.6 Å². The molecule has 1 unspecified atom stereocenters. The molecule has 1 atom stereocenters. The summed E-state index contributed by atoms with van der Waals surface area (Å²) in [6.45, 7) is 1.95. The normalized spacial score (nSPS) is 11.7. The summed E-state index contributed by atoms with van der Waals surface area (Å²) in [5.41, 5.74) is 0.875. The quantitative estimate of drug-likeness (QED) is 0.763. The first-order valence-electron chi connectivity index (χ1n) is 6.08. The predicted molar refractivity (Wildman–Crippen MR) is 69.1 cm³/mol. The molecule has 1 rings (SSSR count). The number of esters is 1. The molecule has 0 aliphatic rings. The molecule has 0 saturated heterocycles. The van der Waals surface area contributed by atoms with Gasteiger partial charge in [0.25, 0.3) is 0 Å². The van der Waals surface area contributed by atoms with Gasteiger partial charge in [0, 0.05) is 0 Å². The maximum absolute atomic E-state index is 11.7. The summed E-state index contributed by atoms with van der Waals surface area (Å²) < 4.78 is 9.93. The van der Waals surface area contributed by atoms with Gasteiger partial charge in [-0.05, 0) is 31.0 Å². The molecule has 0 spiro atoms. The van der Waals surface area contributed by atoms with Crippen LogP contribution >= 0.6 is 0 Å². The third-order valence-electron chi connectivity index (χ3n) is 2.68. The molecule has 1 aromatic rings. The summed E-state index contributed by atoms with van der Waals surface area (Å²) in [5.74, 6) is -1.42. The van der Waals surface area contributed by atoms with E-state index in [0.717, 1.165) is 11.3 Å². The highest BCUT2D eigenvalue weighted by Gasteiger charge is 2.23. The number of methoxy groups -OCH3 is 1. The van der Waals surface area contributed by atoms with Crippen molar-refractivity contribution in [2.24, 2.45) is 5.92 Å². The minimum atomic E-state index is -1.01. The smallest absolute Gasteiger partial charge is 0.309 e. The van der Waals surface area contributed by atoms with Crippen LogP contribution in [-0.2, 0) is 20.7 Å². The molecule has 0 bridgehead atoms. The van der Waals surface area contributed by atoms with E-state index in [9.17, 15) is 9.59 Å². The van der Waals surface area contributed by atoms with Crippen molar-refractivity contribution >= 4 is 11.9 Å². The van der Waals surface area contributed by atoms with E-state index in [1.54, 1.807) is 26.2 Å². The van der Waals surface area contributed by atoms with Crippen LogP contribution in [0.2, 0.25) is 0 Å². The maximum Gasteiger partial charge on any atom is 0.309 e. The van der Waals surface area contributed by atoms with Crippen molar-refractivity contribution in [1.29, 1.82) is 0 Å². The van der Waals surface area contributed by atoms with Crippen LogP contribution in [0.1, 0.15) is 18.9 Å². The van der Waals surface area contributed by atoms with Gasteiger partial charge in [0.1, 0.15) is 5.75 Å². The zero-order chi connectivity index (χ0) is 14.3. The van der Waals surface area contributed by atoms with Crippen LogP contribution in [0.4, 0.5) is 0 Å². The van der Waals surface area contributed by atoms with Crippen LogP contribution in [0.15, 0.2) is 24.3 Å². The van der Waals surface area contributed by atoms with Crippen molar-refractivity contribution in [3.63, 3.8) is 0 Å². The lowest BCUT2D eigenvalue weighted by Crippen LogP contribution is -2.23. The average Bonchev–Trinajstić information content (AvgIpc) is 2.38. The first kappa shape index (κ1) is 15.0. The molecule has 0 amide bonds. The largest absolute Gasteiger partial charge is 0.497 e. The number of carboxylic acid groups (broad SMARTS) is 1. The first-order chi connectivity index (χ1) is 9.06. The van der Waals surface area contributed by atoms with E-state index >= 15 is 0 Å². The van der Waals surface area contributed by atoms with Gasteiger partial charge < -0.3 is 14.6 Å². The number of aliphatic carboxylic acids is 1. The van der Waals surface area contributed by atoms with Crippen molar-refractivity contribution in [2.45, 2.75) is 19.8 Å². The molecule has 0 radical (unpaired) electrons. The first-order valence-corrected chi connectivity index (χ1v) is 6.08. The molecule has 0 saturated carbocycles. The second-order valence-electron chi connectivity index (χ2n) is 4.10. The third-order valence-corrected chi connectivity index (χ3v) is 2.68. The van der Waals surface area contributed by atoms with Crippen molar-refractivity contribution in [3.8, 4) is 5.75 Å². The molecule has 19 heavy (non-hydrogen) atoms. The fourth-order valence-electron chi connectivity index (χ4n) is 1.76. The lowest BCUT2D eigenvalue weighted by molar-refractivity contribution is -0.152.